The summed E-state index contributed by atoms with van der Waals surface area (Å²) in [6.45, 7) is 0. The molecule has 0 spiro atoms. The van der Waals surface area contributed by atoms with E-state index >= 15 is 0 Å². The molecule has 0 amide bonds. The minimum atomic E-state index is -0.959. The third kappa shape index (κ3) is 1.99. The van der Waals surface area contributed by atoms with Gasteiger partial charge in [0.05, 0.1) is 17.7 Å². The van der Waals surface area contributed by atoms with Crippen LogP contribution in [0.2, 0.25) is 5.02 Å². The zero-order chi connectivity index (χ0) is 9.14. The van der Waals surface area contributed by atoms with E-state index in [1.165, 1.54) is 12.5 Å². The van der Waals surface area contributed by atoms with Crippen LogP contribution >= 0.6 is 11.6 Å². The largest absolute Gasteiger partial charge is 0.481 e. The standard InChI is InChI=1S/C7H8ClNO3/c8-5-3-12-2-4(5)6(9)1-7(10)11/h2-3,6H,1,9H2,(H,10,11)/t6-/m1/s1. The molecule has 0 bridgehead atoms. The number of hydrogen-bond acceptors (Lipinski definition) is 3. The van der Waals surface area contributed by atoms with Gasteiger partial charge in [-0.2, -0.15) is 0 Å². The number of carboxylic acids is 1. The zero-order valence-corrected chi connectivity index (χ0v) is 6.91. The molecule has 0 aliphatic heterocycles. The number of carbonyl (C=O) groups is 1. The molecule has 1 rings (SSSR count). The maximum Gasteiger partial charge on any atom is 0.305 e. The van der Waals surface area contributed by atoms with Gasteiger partial charge in [0.2, 0.25) is 0 Å². The summed E-state index contributed by atoms with van der Waals surface area (Å²) in [7, 11) is 0. The Labute approximate surface area is 73.9 Å². The maximum atomic E-state index is 10.3. The molecule has 12 heavy (non-hydrogen) atoms. The Morgan fingerprint density at radius 1 is 1.75 bits per heavy atom. The van der Waals surface area contributed by atoms with Crippen LogP contribution in [0.15, 0.2) is 16.9 Å². The number of rotatable bonds is 3. The van der Waals surface area contributed by atoms with Crippen molar-refractivity contribution < 1.29 is 14.3 Å². The van der Waals surface area contributed by atoms with E-state index in [1.807, 2.05) is 0 Å². The van der Waals surface area contributed by atoms with Crippen molar-refractivity contribution in [3.8, 4) is 0 Å². The number of halogens is 1. The highest BCUT2D eigenvalue weighted by atomic mass is 35.5. The Morgan fingerprint density at radius 3 is 2.83 bits per heavy atom. The minimum absolute atomic E-state index is 0.154. The molecule has 1 aromatic rings. The van der Waals surface area contributed by atoms with E-state index in [4.69, 9.17) is 26.9 Å². The van der Waals surface area contributed by atoms with Crippen LogP contribution in [0.25, 0.3) is 0 Å². The first-order valence-corrected chi connectivity index (χ1v) is 3.68. The lowest BCUT2D eigenvalue weighted by molar-refractivity contribution is -0.137. The predicted molar refractivity (Wildman–Crippen MR) is 42.9 cm³/mol. The summed E-state index contributed by atoms with van der Waals surface area (Å²) in [5, 5.41) is 8.78. The topological polar surface area (TPSA) is 76.5 Å². The van der Waals surface area contributed by atoms with Gasteiger partial charge in [-0.05, 0) is 0 Å². The van der Waals surface area contributed by atoms with Crippen LogP contribution in [0.4, 0.5) is 0 Å². The molecular weight excluding hydrogens is 182 g/mol. The van der Waals surface area contributed by atoms with Gasteiger partial charge in [0, 0.05) is 11.6 Å². The summed E-state index contributed by atoms with van der Waals surface area (Å²) in [5.41, 5.74) is 6.04. The number of aliphatic carboxylic acids is 1. The lowest BCUT2D eigenvalue weighted by Crippen LogP contribution is -2.14. The van der Waals surface area contributed by atoms with Crippen molar-refractivity contribution in [2.24, 2.45) is 5.73 Å². The van der Waals surface area contributed by atoms with Gasteiger partial charge < -0.3 is 15.3 Å². The van der Waals surface area contributed by atoms with Gasteiger partial charge in [0.1, 0.15) is 6.26 Å². The molecule has 4 nitrogen and oxygen atoms in total. The predicted octanol–water partition coefficient (Wildman–Crippen LogP) is 1.41. The monoisotopic (exact) mass is 189 g/mol. The first kappa shape index (κ1) is 9.09. The van der Waals surface area contributed by atoms with E-state index < -0.39 is 12.0 Å². The molecule has 3 N–H and O–H groups in total. The van der Waals surface area contributed by atoms with Crippen molar-refractivity contribution in [2.45, 2.75) is 12.5 Å². The zero-order valence-electron chi connectivity index (χ0n) is 6.16. The Morgan fingerprint density at radius 2 is 2.42 bits per heavy atom. The molecular formula is C7H8ClNO3. The van der Waals surface area contributed by atoms with Crippen molar-refractivity contribution in [1.29, 1.82) is 0 Å². The summed E-state index contributed by atoms with van der Waals surface area (Å²) in [4.78, 5) is 10.3. The van der Waals surface area contributed by atoms with Crippen molar-refractivity contribution in [2.75, 3.05) is 0 Å². The lowest BCUT2D eigenvalue weighted by Gasteiger charge is -2.05. The van der Waals surface area contributed by atoms with E-state index in [0.717, 1.165) is 0 Å². The smallest absolute Gasteiger partial charge is 0.305 e. The first-order chi connectivity index (χ1) is 5.61. The van der Waals surface area contributed by atoms with Gasteiger partial charge >= 0.3 is 5.97 Å². The lowest BCUT2D eigenvalue weighted by atomic mass is 10.1. The summed E-state index contributed by atoms with van der Waals surface area (Å²) in [6, 6.07) is -0.603. The van der Waals surface area contributed by atoms with E-state index in [2.05, 4.69) is 0 Å². The van der Waals surface area contributed by atoms with Gasteiger partial charge in [-0.1, -0.05) is 11.6 Å². The highest BCUT2D eigenvalue weighted by molar-refractivity contribution is 6.31. The van der Waals surface area contributed by atoms with Crippen LogP contribution in [0.1, 0.15) is 18.0 Å². The fourth-order valence-corrected chi connectivity index (χ4v) is 1.09. The van der Waals surface area contributed by atoms with E-state index in [-0.39, 0.29) is 6.42 Å². The van der Waals surface area contributed by atoms with Crippen LogP contribution in [0, 0.1) is 0 Å². The average molecular weight is 190 g/mol. The van der Waals surface area contributed by atoms with Crippen molar-refractivity contribution in [3.63, 3.8) is 0 Å². The molecule has 1 heterocycles. The highest BCUT2D eigenvalue weighted by Crippen LogP contribution is 2.24. The first-order valence-electron chi connectivity index (χ1n) is 3.30. The second kappa shape index (κ2) is 3.60. The SMILES string of the molecule is N[C@H](CC(=O)O)c1cocc1Cl. The number of nitrogens with two attached hydrogens (primary N) is 1. The van der Waals surface area contributed by atoms with Gasteiger partial charge in [-0.3, -0.25) is 4.79 Å². The molecule has 66 valence electrons. The molecule has 0 saturated carbocycles. The molecule has 1 aromatic heterocycles. The summed E-state index contributed by atoms with van der Waals surface area (Å²) in [5.74, 6) is -0.959. The van der Waals surface area contributed by atoms with E-state index in [9.17, 15) is 4.79 Å². The van der Waals surface area contributed by atoms with Crippen molar-refractivity contribution >= 4 is 17.6 Å². The fourth-order valence-electron chi connectivity index (χ4n) is 0.854. The molecule has 0 fully saturated rings. The third-order valence-electron chi connectivity index (χ3n) is 1.44. The molecule has 0 saturated heterocycles. The molecule has 0 aliphatic carbocycles. The van der Waals surface area contributed by atoms with Crippen molar-refractivity contribution in [3.05, 3.63) is 23.1 Å². The molecule has 0 aromatic carbocycles. The second-order valence-corrected chi connectivity index (χ2v) is 2.79. The van der Waals surface area contributed by atoms with E-state index in [0.29, 0.717) is 10.6 Å². The van der Waals surface area contributed by atoms with Crippen LogP contribution in [0.5, 0.6) is 0 Å². The number of carboxylic acid groups (broad SMARTS) is 1. The maximum absolute atomic E-state index is 10.3. The summed E-state index contributed by atoms with van der Waals surface area (Å²) < 4.78 is 4.74. The Balaban J connectivity index is 2.71. The summed E-state index contributed by atoms with van der Waals surface area (Å²) >= 11 is 5.65. The minimum Gasteiger partial charge on any atom is -0.481 e. The van der Waals surface area contributed by atoms with Crippen LogP contribution < -0.4 is 5.73 Å². The Hall–Kier alpha value is -1.00. The van der Waals surface area contributed by atoms with Gasteiger partial charge in [-0.25, -0.2) is 0 Å². The van der Waals surface area contributed by atoms with Crippen LogP contribution in [-0.2, 0) is 4.79 Å². The molecule has 0 unspecified atom stereocenters. The normalized spacial score (nSPS) is 12.8. The summed E-state index contributed by atoms with van der Waals surface area (Å²) in [6.07, 6.45) is 2.52. The Kier molecular flexibility index (Phi) is 2.73. The molecule has 0 aliphatic rings. The van der Waals surface area contributed by atoms with E-state index in [1.54, 1.807) is 0 Å². The van der Waals surface area contributed by atoms with Gasteiger partial charge in [0.15, 0.2) is 0 Å². The van der Waals surface area contributed by atoms with Crippen molar-refractivity contribution in [1.82, 2.24) is 0 Å². The molecule has 5 heteroatoms. The van der Waals surface area contributed by atoms with Crippen LogP contribution in [-0.4, -0.2) is 11.1 Å². The quantitative estimate of drug-likeness (QED) is 0.754. The average Bonchev–Trinajstić information content (AvgIpc) is 2.33. The molecule has 1 atom stereocenters. The second-order valence-electron chi connectivity index (χ2n) is 2.38. The van der Waals surface area contributed by atoms with Gasteiger partial charge in [0.25, 0.3) is 0 Å². The number of hydrogen-bond donors (Lipinski definition) is 2. The fraction of sp³-hybridized carbons (Fsp3) is 0.286. The van der Waals surface area contributed by atoms with Gasteiger partial charge in [-0.15, -0.1) is 0 Å². The highest BCUT2D eigenvalue weighted by Gasteiger charge is 2.15. The third-order valence-corrected chi connectivity index (χ3v) is 1.74. The van der Waals surface area contributed by atoms with Crippen LogP contribution in [0.3, 0.4) is 0 Å². The molecule has 0 radical (unpaired) electrons. The Bertz CT molecular complexity index is 284. The number of furan rings is 1.